The molecule has 1 aromatic carbocycles. The molecule has 144 valence electrons. The molecule has 0 unspecified atom stereocenters. The molecule has 0 bridgehead atoms. The van der Waals surface area contributed by atoms with Crippen molar-refractivity contribution in [3.05, 3.63) is 53.3 Å². The minimum atomic E-state index is -0.168. The number of ether oxygens (including phenoxy) is 1. The number of amides is 1. The number of para-hydroxylation sites is 1. The number of hydrogen-bond acceptors (Lipinski definition) is 4. The second kappa shape index (κ2) is 8.53. The molecular weight excluding hydrogens is 338 g/mol. The molecular formula is C22H29N3O2. The molecule has 3 rings (SSSR count). The molecule has 1 aliphatic heterocycles. The predicted octanol–water partition coefficient (Wildman–Crippen LogP) is 4.42. The normalized spacial score (nSPS) is 14.7. The fraction of sp³-hybridized carbons (Fsp3) is 0.455. The Morgan fingerprint density at radius 2 is 1.67 bits per heavy atom. The van der Waals surface area contributed by atoms with Crippen molar-refractivity contribution in [2.24, 2.45) is 0 Å². The third kappa shape index (κ3) is 4.48. The summed E-state index contributed by atoms with van der Waals surface area (Å²) in [6.45, 7) is 11.7. The van der Waals surface area contributed by atoms with Crippen molar-refractivity contribution < 1.29 is 9.53 Å². The first kappa shape index (κ1) is 19.4. The van der Waals surface area contributed by atoms with Crippen LogP contribution in [0.5, 0.6) is 0 Å². The van der Waals surface area contributed by atoms with Gasteiger partial charge in [-0.2, -0.15) is 0 Å². The first-order chi connectivity index (χ1) is 13.0. The van der Waals surface area contributed by atoms with Crippen LogP contribution in [0.25, 0.3) is 0 Å². The molecule has 1 fully saturated rings. The maximum atomic E-state index is 12.8. The maximum absolute atomic E-state index is 12.8. The van der Waals surface area contributed by atoms with Gasteiger partial charge in [-0.05, 0) is 35.1 Å². The summed E-state index contributed by atoms with van der Waals surface area (Å²) in [4.78, 5) is 19.5. The van der Waals surface area contributed by atoms with E-state index < -0.39 is 0 Å². The molecule has 1 aliphatic rings. The second-order valence-electron chi connectivity index (χ2n) is 7.58. The minimum absolute atomic E-state index is 0.168. The molecule has 1 N–H and O–H groups in total. The average Bonchev–Trinajstić information content (AvgIpc) is 2.68. The third-order valence-corrected chi connectivity index (χ3v) is 4.97. The van der Waals surface area contributed by atoms with Crippen LogP contribution in [0.1, 0.15) is 61.1 Å². The van der Waals surface area contributed by atoms with Gasteiger partial charge in [0.1, 0.15) is 5.69 Å². The Kier molecular flexibility index (Phi) is 6.11. The predicted molar refractivity (Wildman–Crippen MR) is 110 cm³/mol. The Balaban J connectivity index is 1.81. The topological polar surface area (TPSA) is 54.5 Å². The van der Waals surface area contributed by atoms with Crippen molar-refractivity contribution in [2.75, 3.05) is 36.5 Å². The Morgan fingerprint density at radius 1 is 1.04 bits per heavy atom. The summed E-state index contributed by atoms with van der Waals surface area (Å²) < 4.78 is 5.38. The van der Waals surface area contributed by atoms with Gasteiger partial charge in [0.05, 0.1) is 25.1 Å². The Labute approximate surface area is 161 Å². The van der Waals surface area contributed by atoms with Crippen LogP contribution in [0.4, 0.5) is 11.4 Å². The Morgan fingerprint density at radius 3 is 2.19 bits per heavy atom. The summed E-state index contributed by atoms with van der Waals surface area (Å²) in [6.07, 6.45) is 1.78. The molecule has 0 aliphatic carbocycles. The quantitative estimate of drug-likeness (QED) is 0.850. The Bertz CT molecular complexity index is 752. The lowest BCUT2D eigenvalue weighted by atomic mass is 9.92. The van der Waals surface area contributed by atoms with Crippen LogP contribution >= 0.6 is 0 Å². The van der Waals surface area contributed by atoms with Gasteiger partial charge in [-0.25, -0.2) is 4.98 Å². The van der Waals surface area contributed by atoms with E-state index in [1.54, 1.807) is 12.3 Å². The molecule has 0 spiro atoms. The molecule has 0 radical (unpaired) electrons. The molecule has 0 saturated carbocycles. The van der Waals surface area contributed by atoms with Gasteiger partial charge in [-0.1, -0.05) is 45.9 Å². The van der Waals surface area contributed by atoms with E-state index in [9.17, 15) is 4.79 Å². The number of nitrogens with zero attached hydrogens (tertiary/aromatic N) is 2. The van der Waals surface area contributed by atoms with Crippen molar-refractivity contribution in [1.82, 2.24) is 4.98 Å². The van der Waals surface area contributed by atoms with E-state index in [0.717, 1.165) is 48.8 Å². The van der Waals surface area contributed by atoms with Gasteiger partial charge >= 0.3 is 0 Å². The zero-order valence-corrected chi connectivity index (χ0v) is 16.7. The number of aromatic nitrogens is 1. The molecule has 1 saturated heterocycles. The number of pyridine rings is 1. The summed E-state index contributed by atoms with van der Waals surface area (Å²) in [5.41, 5.74) is 4.69. The minimum Gasteiger partial charge on any atom is -0.378 e. The monoisotopic (exact) mass is 367 g/mol. The van der Waals surface area contributed by atoms with E-state index in [4.69, 9.17) is 4.74 Å². The summed E-state index contributed by atoms with van der Waals surface area (Å²) in [7, 11) is 0. The number of rotatable bonds is 5. The number of carbonyl (C=O) groups is 1. The molecule has 5 nitrogen and oxygen atoms in total. The highest BCUT2D eigenvalue weighted by molar-refractivity contribution is 6.04. The zero-order valence-electron chi connectivity index (χ0n) is 16.7. The molecule has 27 heavy (non-hydrogen) atoms. The highest BCUT2D eigenvalue weighted by atomic mass is 16.5. The summed E-state index contributed by atoms with van der Waals surface area (Å²) in [6, 6.07) is 10.00. The summed E-state index contributed by atoms with van der Waals surface area (Å²) in [5, 5.41) is 3.12. The first-order valence-electron chi connectivity index (χ1n) is 9.70. The van der Waals surface area contributed by atoms with Crippen LogP contribution in [0.2, 0.25) is 0 Å². The van der Waals surface area contributed by atoms with Crippen molar-refractivity contribution in [2.45, 2.75) is 39.5 Å². The number of hydrogen-bond donors (Lipinski definition) is 1. The van der Waals surface area contributed by atoms with Crippen LogP contribution in [0.15, 0.2) is 36.5 Å². The number of anilines is 2. The fourth-order valence-electron chi connectivity index (χ4n) is 3.40. The highest BCUT2D eigenvalue weighted by Gasteiger charge is 2.18. The first-order valence-corrected chi connectivity index (χ1v) is 9.70. The van der Waals surface area contributed by atoms with Gasteiger partial charge in [0, 0.05) is 18.8 Å². The van der Waals surface area contributed by atoms with Gasteiger partial charge in [0.15, 0.2) is 0 Å². The van der Waals surface area contributed by atoms with E-state index in [0.29, 0.717) is 17.5 Å². The SMILES string of the molecule is CC(C)c1cccc(C(C)C)c1NC(=O)c1ccc(N2CCOCC2)cn1. The number of nitrogens with one attached hydrogen (secondary N) is 1. The second-order valence-corrected chi connectivity index (χ2v) is 7.58. The van der Waals surface area contributed by atoms with Crippen molar-refractivity contribution in [1.29, 1.82) is 0 Å². The standard InChI is InChI=1S/C22H29N3O2/c1-15(2)18-6-5-7-19(16(3)4)21(18)24-22(26)20-9-8-17(14-23-20)25-10-12-27-13-11-25/h5-9,14-16H,10-13H2,1-4H3,(H,24,26). The largest absolute Gasteiger partial charge is 0.378 e. The molecule has 2 heterocycles. The molecule has 0 atom stereocenters. The number of benzene rings is 1. The van der Waals surface area contributed by atoms with Crippen molar-refractivity contribution >= 4 is 17.3 Å². The molecule has 1 amide bonds. The molecule has 2 aromatic rings. The molecule has 1 aromatic heterocycles. The maximum Gasteiger partial charge on any atom is 0.274 e. The highest BCUT2D eigenvalue weighted by Crippen LogP contribution is 2.32. The van der Waals surface area contributed by atoms with Crippen molar-refractivity contribution in [3.8, 4) is 0 Å². The van der Waals surface area contributed by atoms with Crippen LogP contribution in [-0.2, 0) is 4.74 Å². The van der Waals surface area contributed by atoms with Crippen LogP contribution in [0.3, 0.4) is 0 Å². The van der Waals surface area contributed by atoms with E-state index >= 15 is 0 Å². The fourth-order valence-corrected chi connectivity index (χ4v) is 3.40. The number of morpholine rings is 1. The van der Waals surface area contributed by atoms with Crippen molar-refractivity contribution in [3.63, 3.8) is 0 Å². The van der Waals surface area contributed by atoms with Gasteiger partial charge in [0.2, 0.25) is 0 Å². The van der Waals surface area contributed by atoms with E-state index in [1.807, 2.05) is 6.07 Å². The van der Waals surface area contributed by atoms with Crippen LogP contribution < -0.4 is 10.2 Å². The summed E-state index contributed by atoms with van der Waals surface area (Å²) >= 11 is 0. The van der Waals surface area contributed by atoms with E-state index in [2.05, 4.69) is 61.1 Å². The summed E-state index contributed by atoms with van der Waals surface area (Å²) in [5.74, 6) is 0.491. The van der Waals surface area contributed by atoms with Crippen LogP contribution in [-0.4, -0.2) is 37.2 Å². The lowest BCUT2D eigenvalue weighted by molar-refractivity contribution is 0.102. The number of carbonyl (C=O) groups excluding carboxylic acids is 1. The van der Waals surface area contributed by atoms with Gasteiger partial charge < -0.3 is 15.0 Å². The van der Waals surface area contributed by atoms with Gasteiger partial charge in [0.25, 0.3) is 5.91 Å². The van der Waals surface area contributed by atoms with Gasteiger partial charge in [-0.3, -0.25) is 4.79 Å². The average molecular weight is 367 g/mol. The third-order valence-electron chi connectivity index (χ3n) is 4.97. The van der Waals surface area contributed by atoms with Gasteiger partial charge in [-0.15, -0.1) is 0 Å². The van der Waals surface area contributed by atoms with Crippen LogP contribution in [0, 0.1) is 0 Å². The lowest BCUT2D eigenvalue weighted by Gasteiger charge is -2.28. The lowest BCUT2D eigenvalue weighted by Crippen LogP contribution is -2.36. The van der Waals surface area contributed by atoms with E-state index in [-0.39, 0.29) is 5.91 Å². The zero-order chi connectivity index (χ0) is 19.4. The molecule has 5 heteroatoms. The Hall–Kier alpha value is -2.40. The van der Waals surface area contributed by atoms with E-state index in [1.165, 1.54) is 0 Å². The smallest absolute Gasteiger partial charge is 0.274 e.